The lowest BCUT2D eigenvalue weighted by Crippen LogP contribution is -2.34. The minimum Gasteiger partial charge on any atom is -0.491 e. The summed E-state index contributed by atoms with van der Waals surface area (Å²) in [6, 6.07) is 14.1. The van der Waals surface area contributed by atoms with Gasteiger partial charge in [0, 0.05) is 23.4 Å². The molecule has 2 rings (SSSR count). The van der Waals surface area contributed by atoms with Crippen molar-refractivity contribution in [2.45, 2.75) is 46.1 Å². The quantitative estimate of drug-likeness (QED) is 0.545. The van der Waals surface area contributed by atoms with Crippen LogP contribution in [0.1, 0.15) is 50.4 Å². The minimum absolute atomic E-state index is 0.0416. The molecule has 0 aliphatic rings. The van der Waals surface area contributed by atoms with Crippen molar-refractivity contribution in [2.24, 2.45) is 0 Å². The number of nitrogens with one attached hydrogen (secondary N) is 3. The van der Waals surface area contributed by atoms with Crippen molar-refractivity contribution in [3.63, 3.8) is 0 Å². The molecule has 6 nitrogen and oxygen atoms in total. The van der Waals surface area contributed by atoms with Crippen LogP contribution in [-0.2, 0) is 4.79 Å². The second-order valence-corrected chi connectivity index (χ2v) is 7.06. The molecular weight excluding hydrogens is 386 g/mol. The zero-order valence-corrected chi connectivity index (χ0v) is 17.8. The van der Waals surface area contributed by atoms with Crippen molar-refractivity contribution >= 4 is 40.5 Å². The predicted octanol–water partition coefficient (Wildman–Crippen LogP) is 4.73. The Balaban J connectivity index is 1.96. The molecule has 0 spiro atoms. The molecule has 3 N–H and O–H groups in total. The van der Waals surface area contributed by atoms with Gasteiger partial charge in [-0.1, -0.05) is 26.0 Å². The summed E-state index contributed by atoms with van der Waals surface area (Å²) < 4.78 is 5.75. The van der Waals surface area contributed by atoms with Crippen molar-refractivity contribution in [2.75, 3.05) is 10.6 Å². The van der Waals surface area contributed by atoms with Crippen LogP contribution in [0.15, 0.2) is 48.5 Å². The Hall–Kier alpha value is -2.93. The summed E-state index contributed by atoms with van der Waals surface area (Å²) in [4.78, 5) is 24.2. The zero-order chi connectivity index (χ0) is 21.2. The van der Waals surface area contributed by atoms with Gasteiger partial charge in [-0.25, -0.2) is 0 Å². The van der Waals surface area contributed by atoms with Crippen LogP contribution in [0, 0.1) is 0 Å². The molecule has 0 saturated heterocycles. The van der Waals surface area contributed by atoms with Gasteiger partial charge in [-0.15, -0.1) is 0 Å². The third kappa shape index (κ3) is 7.54. The Labute approximate surface area is 177 Å². The molecule has 1 atom stereocenters. The zero-order valence-electron chi connectivity index (χ0n) is 17.0. The highest BCUT2D eigenvalue weighted by Gasteiger charge is 2.10. The molecule has 154 valence electrons. The number of ether oxygens (including phenoxy) is 1. The van der Waals surface area contributed by atoms with Gasteiger partial charge in [-0.05, 0) is 68.4 Å². The molecular formula is C22H27N3O3S. The van der Waals surface area contributed by atoms with E-state index in [0.29, 0.717) is 29.1 Å². The second kappa shape index (κ2) is 11.2. The van der Waals surface area contributed by atoms with Crippen LogP contribution in [0.5, 0.6) is 5.75 Å². The van der Waals surface area contributed by atoms with Crippen LogP contribution >= 0.6 is 12.2 Å². The van der Waals surface area contributed by atoms with Gasteiger partial charge < -0.3 is 15.4 Å². The molecule has 0 bridgehead atoms. The lowest BCUT2D eigenvalue weighted by atomic mass is 10.2. The normalized spacial score (nSPS) is 11.3. The molecule has 2 aromatic carbocycles. The second-order valence-electron chi connectivity index (χ2n) is 6.65. The number of amides is 2. The lowest BCUT2D eigenvalue weighted by molar-refractivity contribution is -0.116. The first kappa shape index (κ1) is 22.4. The van der Waals surface area contributed by atoms with E-state index in [-0.39, 0.29) is 23.0 Å². The SMILES string of the molecule is CCCC(=O)Nc1cccc(NC(=S)NC(=O)c2cccc(OC(C)CC)c2)c1. The first-order valence-corrected chi connectivity index (χ1v) is 10.1. The van der Waals surface area contributed by atoms with Crippen LogP contribution < -0.4 is 20.7 Å². The summed E-state index contributed by atoms with van der Waals surface area (Å²) in [5.41, 5.74) is 1.78. The summed E-state index contributed by atoms with van der Waals surface area (Å²) >= 11 is 5.24. The number of rotatable bonds is 8. The fourth-order valence-electron chi connectivity index (χ4n) is 2.49. The van der Waals surface area contributed by atoms with Crippen molar-refractivity contribution < 1.29 is 14.3 Å². The number of thiocarbonyl (C=S) groups is 1. The maximum atomic E-state index is 12.5. The fraction of sp³-hybridized carbons (Fsp3) is 0.318. The van der Waals surface area contributed by atoms with Crippen LogP contribution in [0.2, 0.25) is 0 Å². The molecule has 0 saturated carbocycles. The van der Waals surface area contributed by atoms with Crippen LogP contribution in [0.3, 0.4) is 0 Å². The third-order valence-corrected chi connectivity index (χ3v) is 4.32. The third-order valence-electron chi connectivity index (χ3n) is 4.12. The number of carbonyl (C=O) groups excluding carboxylic acids is 2. The first-order chi connectivity index (χ1) is 13.9. The largest absolute Gasteiger partial charge is 0.491 e. The van der Waals surface area contributed by atoms with Gasteiger partial charge in [-0.2, -0.15) is 0 Å². The van der Waals surface area contributed by atoms with E-state index in [9.17, 15) is 9.59 Å². The fourth-order valence-corrected chi connectivity index (χ4v) is 2.70. The monoisotopic (exact) mass is 413 g/mol. The highest BCUT2D eigenvalue weighted by atomic mass is 32.1. The lowest BCUT2D eigenvalue weighted by Gasteiger charge is -2.14. The van der Waals surface area contributed by atoms with Crippen molar-refractivity contribution in [1.29, 1.82) is 0 Å². The average Bonchev–Trinajstić information content (AvgIpc) is 2.68. The Morgan fingerprint density at radius 2 is 1.72 bits per heavy atom. The molecule has 0 aliphatic heterocycles. The molecule has 0 aromatic heterocycles. The number of hydrogen-bond acceptors (Lipinski definition) is 4. The Kier molecular flexibility index (Phi) is 8.61. The smallest absolute Gasteiger partial charge is 0.257 e. The molecule has 0 fully saturated rings. The highest BCUT2D eigenvalue weighted by molar-refractivity contribution is 7.80. The molecule has 0 heterocycles. The number of hydrogen-bond donors (Lipinski definition) is 3. The number of carbonyl (C=O) groups is 2. The van der Waals surface area contributed by atoms with Gasteiger partial charge in [0.25, 0.3) is 5.91 Å². The van der Waals surface area contributed by atoms with E-state index in [0.717, 1.165) is 12.8 Å². The minimum atomic E-state index is -0.329. The van der Waals surface area contributed by atoms with E-state index in [1.807, 2.05) is 26.8 Å². The van der Waals surface area contributed by atoms with E-state index >= 15 is 0 Å². The van der Waals surface area contributed by atoms with Crippen LogP contribution in [0.4, 0.5) is 11.4 Å². The van der Waals surface area contributed by atoms with Gasteiger partial charge >= 0.3 is 0 Å². The molecule has 2 aromatic rings. The highest BCUT2D eigenvalue weighted by Crippen LogP contribution is 2.17. The van der Waals surface area contributed by atoms with Gasteiger partial charge in [0.1, 0.15) is 5.75 Å². The predicted molar refractivity (Wildman–Crippen MR) is 120 cm³/mol. The summed E-state index contributed by atoms with van der Waals surface area (Å²) in [6.07, 6.45) is 2.19. The van der Waals surface area contributed by atoms with E-state index in [4.69, 9.17) is 17.0 Å². The van der Waals surface area contributed by atoms with Gasteiger partial charge in [0.15, 0.2) is 5.11 Å². The molecule has 1 unspecified atom stereocenters. The molecule has 0 radical (unpaired) electrons. The maximum Gasteiger partial charge on any atom is 0.257 e. The Bertz CT molecular complexity index is 870. The first-order valence-electron chi connectivity index (χ1n) is 9.70. The Morgan fingerprint density at radius 1 is 1.03 bits per heavy atom. The average molecular weight is 414 g/mol. The van der Waals surface area contributed by atoms with Crippen molar-refractivity contribution in [1.82, 2.24) is 5.32 Å². The van der Waals surface area contributed by atoms with Gasteiger partial charge in [-0.3, -0.25) is 14.9 Å². The van der Waals surface area contributed by atoms with Crippen LogP contribution in [-0.4, -0.2) is 23.0 Å². The molecule has 7 heteroatoms. The standard InChI is InChI=1S/C22H27N3O3S/c1-4-8-20(26)23-17-10-7-11-18(14-17)24-22(29)25-21(27)16-9-6-12-19(13-16)28-15(3)5-2/h6-7,9-15H,4-5,8H2,1-3H3,(H,23,26)(H2,24,25,27,29). The maximum absolute atomic E-state index is 12.5. The molecule has 0 aliphatic carbocycles. The van der Waals surface area contributed by atoms with E-state index in [1.165, 1.54) is 0 Å². The van der Waals surface area contributed by atoms with Crippen molar-refractivity contribution in [3.8, 4) is 5.75 Å². The molecule has 29 heavy (non-hydrogen) atoms. The number of benzene rings is 2. The van der Waals surface area contributed by atoms with E-state index in [2.05, 4.69) is 16.0 Å². The van der Waals surface area contributed by atoms with Crippen molar-refractivity contribution in [3.05, 3.63) is 54.1 Å². The molecule has 2 amide bonds. The summed E-state index contributed by atoms with van der Waals surface area (Å²) in [6.45, 7) is 5.96. The topological polar surface area (TPSA) is 79.5 Å². The Morgan fingerprint density at radius 3 is 2.41 bits per heavy atom. The summed E-state index contributed by atoms with van der Waals surface area (Å²) in [5.74, 6) is 0.269. The van der Waals surface area contributed by atoms with Crippen LogP contribution in [0.25, 0.3) is 0 Å². The van der Waals surface area contributed by atoms with E-state index in [1.54, 1.807) is 42.5 Å². The summed E-state index contributed by atoms with van der Waals surface area (Å²) in [7, 11) is 0. The van der Waals surface area contributed by atoms with Gasteiger partial charge in [0.2, 0.25) is 5.91 Å². The number of anilines is 2. The summed E-state index contributed by atoms with van der Waals surface area (Å²) in [5, 5.41) is 8.61. The van der Waals surface area contributed by atoms with Gasteiger partial charge in [0.05, 0.1) is 6.10 Å². The van der Waals surface area contributed by atoms with E-state index < -0.39 is 0 Å².